The standard InChI is InChI=1S/C15H22N6O/c1-15(2,3)14-19-18-12-7-6-11(20-21(12)14)16-8-9-17-13(22)10-4-5-10/h6-7,10H,4-5,8-9H2,1-3H3,(H,16,20)(H,17,22). The molecule has 1 aliphatic carbocycles. The number of anilines is 1. The third-order valence-electron chi connectivity index (χ3n) is 3.61. The first-order valence-corrected chi connectivity index (χ1v) is 7.70. The number of nitrogens with zero attached hydrogens (tertiary/aromatic N) is 4. The molecule has 7 heteroatoms. The van der Waals surface area contributed by atoms with Crippen molar-refractivity contribution in [2.24, 2.45) is 5.92 Å². The lowest BCUT2D eigenvalue weighted by atomic mass is 9.96. The highest BCUT2D eigenvalue weighted by molar-refractivity contribution is 5.80. The van der Waals surface area contributed by atoms with Crippen molar-refractivity contribution < 1.29 is 4.79 Å². The molecule has 0 aliphatic heterocycles. The molecule has 0 unspecified atom stereocenters. The molecule has 2 N–H and O–H groups in total. The second-order valence-electron chi connectivity index (χ2n) is 6.75. The predicted molar refractivity (Wildman–Crippen MR) is 83.7 cm³/mol. The van der Waals surface area contributed by atoms with Crippen LogP contribution in [0.1, 0.15) is 39.4 Å². The monoisotopic (exact) mass is 302 g/mol. The van der Waals surface area contributed by atoms with Gasteiger partial charge >= 0.3 is 0 Å². The fourth-order valence-corrected chi connectivity index (χ4v) is 2.22. The van der Waals surface area contributed by atoms with Crippen molar-refractivity contribution in [3.05, 3.63) is 18.0 Å². The molecule has 0 spiro atoms. The van der Waals surface area contributed by atoms with Crippen LogP contribution >= 0.6 is 0 Å². The molecule has 0 aromatic carbocycles. The Bertz CT molecular complexity index is 683. The van der Waals surface area contributed by atoms with Crippen LogP contribution < -0.4 is 10.6 Å². The van der Waals surface area contributed by atoms with E-state index in [1.807, 2.05) is 12.1 Å². The van der Waals surface area contributed by atoms with E-state index in [1.165, 1.54) is 0 Å². The number of carbonyl (C=O) groups is 1. The van der Waals surface area contributed by atoms with Crippen molar-refractivity contribution in [3.63, 3.8) is 0 Å². The molecule has 1 aliphatic rings. The van der Waals surface area contributed by atoms with E-state index < -0.39 is 0 Å². The summed E-state index contributed by atoms with van der Waals surface area (Å²) in [5.41, 5.74) is 0.612. The Balaban J connectivity index is 1.62. The summed E-state index contributed by atoms with van der Waals surface area (Å²) in [7, 11) is 0. The molecular formula is C15H22N6O. The van der Waals surface area contributed by atoms with Gasteiger partial charge in [0.1, 0.15) is 5.82 Å². The van der Waals surface area contributed by atoms with Gasteiger partial charge in [-0.25, -0.2) is 0 Å². The number of rotatable bonds is 5. The van der Waals surface area contributed by atoms with E-state index in [2.05, 4.69) is 46.7 Å². The SMILES string of the molecule is CC(C)(C)c1nnc2ccc(NCCNC(=O)C3CC3)nn12. The molecule has 2 aromatic heterocycles. The highest BCUT2D eigenvalue weighted by atomic mass is 16.2. The number of nitrogens with one attached hydrogen (secondary N) is 2. The van der Waals surface area contributed by atoms with Gasteiger partial charge in [0.25, 0.3) is 0 Å². The first-order valence-electron chi connectivity index (χ1n) is 7.70. The maximum Gasteiger partial charge on any atom is 0.223 e. The van der Waals surface area contributed by atoms with Crippen molar-refractivity contribution in [1.29, 1.82) is 0 Å². The molecule has 0 radical (unpaired) electrons. The third kappa shape index (κ3) is 3.18. The zero-order valence-corrected chi connectivity index (χ0v) is 13.3. The summed E-state index contributed by atoms with van der Waals surface area (Å²) in [6.07, 6.45) is 2.06. The predicted octanol–water partition coefficient (Wildman–Crippen LogP) is 1.36. The fraction of sp³-hybridized carbons (Fsp3) is 0.600. The van der Waals surface area contributed by atoms with Crippen LogP contribution in [0.3, 0.4) is 0 Å². The van der Waals surface area contributed by atoms with Gasteiger partial charge in [-0.3, -0.25) is 4.79 Å². The normalized spacial score (nSPS) is 15.0. The molecule has 0 bridgehead atoms. The molecule has 1 amide bonds. The molecule has 3 rings (SSSR count). The summed E-state index contributed by atoms with van der Waals surface area (Å²) in [6, 6.07) is 3.76. The molecule has 7 nitrogen and oxygen atoms in total. The third-order valence-corrected chi connectivity index (χ3v) is 3.61. The van der Waals surface area contributed by atoms with E-state index >= 15 is 0 Å². The quantitative estimate of drug-likeness (QED) is 0.815. The zero-order chi connectivity index (χ0) is 15.7. The van der Waals surface area contributed by atoms with E-state index in [1.54, 1.807) is 4.52 Å². The fourth-order valence-electron chi connectivity index (χ4n) is 2.22. The van der Waals surface area contributed by atoms with Gasteiger partial charge in [-0.15, -0.1) is 15.3 Å². The molecule has 1 saturated carbocycles. The van der Waals surface area contributed by atoms with Crippen LogP contribution in [-0.2, 0) is 10.2 Å². The van der Waals surface area contributed by atoms with E-state index in [9.17, 15) is 4.79 Å². The van der Waals surface area contributed by atoms with Crippen LogP contribution in [0.4, 0.5) is 5.82 Å². The topological polar surface area (TPSA) is 84.2 Å². The average molecular weight is 302 g/mol. The highest BCUT2D eigenvalue weighted by Gasteiger charge is 2.29. The maximum atomic E-state index is 11.5. The lowest BCUT2D eigenvalue weighted by Gasteiger charge is -2.15. The Morgan fingerprint density at radius 3 is 2.73 bits per heavy atom. The Kier molecular flexibility index (Phi) is 3.72. The first-order chi connectivity index (χ1) is 10.4. The minimum Gasteiger partial charge on any atom is -0.367 e. The second-order valence-corrected chi connectivity index (χ2v) is 6.75. The van der Waals surface area contributed by atoms with Gasteiger partial charge in [-0.2, -0.15) is 4.52 Å². The summed E-state index contributed by atoms with van der Waals surface area (Å²) in [6.45, 7) is 7.49. The van der Waals surface area contributed by atoms with Crippen molar-refractivity contribution in [1.82, 2.24) is 25.1 Å². The van der Waals surface area contributed by atoms with Gasteiger partial charge in [0.2, 0.25) is 5.91 Å². The van der Waals surface area contributed by atoms with Gasteiger partial charge in [-0.05, 0) is 25.0 Å². The van der Waals surface area contributed by atoms with Crippen LogP contribution in [0.25, 0.3) is 5.65 Å². The number of carbonyl (C=O) groups excluding carboxylic acids is 1. The van der Waals surface area contributed by atoms with Crippen LogP contribution in [0.2, 0.25) is 0 Å². The number of hydrogen-bond donors (Lipinski definition) is 2. The number of aromatic nitrogens is 4. The summed E-state index contributed by atoms with van der Waals surface area (Å²) >= 11 is 0. The Hall–Kier alpha value is -2.18. The second kappa shape index (κ2) is 5.55. The first kappa shape index (κ1) is 14.7. The van der Waals surface area contributed by atoms with Gasteiger partial charge in [-0.1, -0.05) is 20.8 Å². The van der Waals surface area contributed by atoms with Crippen molar-refractivity contribution in [2.75, 3.05) is 18.4 Å². The van der Waals surface area contributed by atoms with Crippen molar-refractivity contribution >= 4 is 17.4 Å². The van der Waals surface area contributed by atoms with Crippen molar-refractivity contribution in [2.45, 2.75) is 39.0 Å². The molecule has 1 fully saturated rings. The Morgan fingerprint density at radius 1 is 1.27 bits per heavy atom. The summed E-state index contributed by atoms with van der Waals surface area (Å²) in [5.74, 6) is 1.99. The van der Waals surface area contributed by atoms with Crippen LogP contribution in [-0.4, -0.2) is 38.8 Å². The minimum absolute atomic E-state index is 0.122. The largest absolute Gasteiger partial charge is 0.367 e. The Labute approximate surface area is 129 Å². The Morgan fingerprint density at radius 2 is 2.05 bits per heavy atom. The lowest BCUT2D eigenvalue weighted by Crippen LogP contribution is -2.30. The molecular weight excluding hydrogens is 280 g/mol. The van der Waals surface area contributed by atoms with E-state index in [0.29, 0.717) is 13.1 Å². The van der Waals surface area contributed by atoms with Crippen LogP contribution in [0, 0.1) is 5.92 Å². The van der Waals surface area contributed by atoms with Gasteiger partial charge in [0, 0.05) is 24.4 Å². The molecule has 0 saturated heterocycles. The summed E-state index contributed by atoms with van der Waals surface area (Å²) in [4.78, 5) is 11.5. The summed E-state index contributed by atoms with van der Waals surface area (Å²) < 4.78 is 1.77. The molecule has 0 atom stereocenters. The smallest absolute Gasteiger partial charge is 0.223 e. The van der Waals surface area contributed by atoms with Crippen LogP contribution in [0.15, 0.2) is 12.1 Å². The molecule has 2 aromatic rings. The van der Waals surface area contributed by atoms with Gasteiger partial charge in [0.05, 0.1) is 0 Å². The summed E-state index contributed by atoms with van der Waals surface area (Å²) in [5, 5.41) is 19.0. The minimum atomic E-state index is -0.122. The van der Waals surface area contributed by atoms with Crippen LogP contribution in [0.5, 0.6) is 0 Å². The number of fused-ring (bicyclic) bond motifs is 1. The maximum absolute atomic E-state index is 11.5. The number of amides is 1. The molecule has 2 heterocycles. The number of hydrogen-bond acceptors (Lipinski definition) is 5. The van der Waals surface area contributed by atoms with E-state index in [-0.39, 0.29) is 17.2 Å². The molecule has 118 valence electrons. The van der Waals surface area contributed by atoms with E-state index in [0.717, 1.165) is 30.1 Å². The zero-order valence-electron chi connectivity index (χ0n) is 13.3. The lowest BCUT2D eigenvalue weighted by molar-refractivity contribution is -0.122. The van der Waals surface area contributed by atoms with Crippen molar-refractivity contribution in [3.8, 4) is 0 Å². The molecule has 22 heavy (non-hydrogen) atoms. The van der Waals surface area contributed by atoms with Gasteiger partial charge in [0.15, 0.2) is 11.5 Å². The average Bonchev–Trinajstić information content (AvgIpc) is 3.21. The highest BCUT2D eigenvalue weighted by Crippen LogP contribution is 2.28. The van der Waals surface area contributed by atoms with E-state index in [4.69, 9.17) is 0 Å². The van der Waals surface area contributed by atoms with Gasteiger partial charge < -0.3 is 10.6 Å².